The van der Waals surface area contributed by atoms with Gasteiger partial charge in [0.2, 0.25) is 11.8 Å². The molecule has 96 valence electrons. The van der Waals surface area contributed by atoms with Crippen molar-refractivity contribution in [2.45, 2.75) is 39.0 Å². The minimum atomic E-state index is -0.344. The van der Waals surface area contributed by atoms with Crippen molar-refractivity contribution in [3.63, 3.8) is 0 Å². The third-order valence-electron chi connectivity index (χ3n) is 4.39. The van der Waals surface area contributed by atoms with Crippen molar-refractivity contribution in [1.29, 1.82) is 0 Å². The van der Waals surface area contributed by atoms with E-state index in [1.54, 1.807) is 16.8 Å². The summed E-state index contributed by atoms with van der Waals surface area (Å²) in [7, 11) is 3.83. The molecule has 4 unspecified atom stereocenters. The molecule has 0 N–H and O–H groups in total. The Morgan fingerprint density at radius 2 is 1.65 bits per heavy atom. The molecule has 0 aromatic rings. The summed E-state index contributed by atoms with van der Waals surface area (Å²) >= 11 is 0. The van der Waals surface area contributed by atoms with Crippen LogP contribution in [-0.4, -0.2) is 65.4 Å². The van der Waals surface area contributed by atoms with Gasteiger partial charge in [-0.1, -0.05) is 6.92 Å². The lowest BCUT2D eigenvalue weighted by Crippen LogP contribution is -2.72. The van der Waals surface area contributed by atoms with Gasteiger partial charge in [0.15, 0.2) is 0 Å². The molecule has 5 nitrogen and oxygen atoms in total. The van der Waals surface area contributed by atoms with Crippen LogP contribution in [0.5, 0.6) is 0 Å². The monoisotopic (exact) mass is 239 g/mol. The number of amides is 2. The van der Waals surface area contributed by atoms with E-state index in [2.05, 4.69) is 11.8 Å². The Kier molecular flexibility index (Phi) is 2.89. The Labute approximate surface area is 102 Å². The Bertz CT molecular complexity index is 358. The highest BCUT2D eigenvalue weighted by atomic mass is 16.2. The van der Waals surface area contributed by atoms with Crippen molar-refractivity contribution in [2.24, 2.45) is 5.92 Å². The summed E-state index contributed by atoms with van der Waals surface area (Å²) in [6.07, 6.45) is 0.0198. The molecule has 0 aromatic heterocycles. The predicted molar refractivity (Wildman–Crippen MR) is 64.1 cm³/mol. The van der Waals surface area contributed by atoms with Gasteiger partial charge in [0.05, 0.1) is 12.5 Å². The molecule has 2 saturated heterocycles. The minimum absolute atomic E-state index is 0.0198. The summed E-state index contributed by atoms with van der Waals surface area (Å²) in [5.41, 5.74) is 0. The lowest BCUT2D eigenvalue weighted by Gasteiger charge is -2.54. The number of hydrogen-bond donors (Lipinski definition) is 0. The van der Waals surface area contributed by atoms with E-state index < -0.39 is 0 Å². The van der Waals surface area contributed by atoms with Crippen LogP contribution in [0.4, 0.5) is 0 Å². The zero-order chi connectivity index (χ0) is 12.9. The van der Waals surface area contributed by atoms with Crippen molar-refractivity contribution in [3.05, 3.63) is 0 Å². The average Bonchev–Trinajstić information content (AvgIpc) is 2.30. The number of nitrogens with zero attached hydrogens (tertiary/aromatic N) is 3. The van der Waals surface area contributed by atoms with Crippen molar-refractivity contribution < 1.29 is 9.59 Å². The first kappa shape index (κ1) is 12.4. The number of carbonyl (C=O) groups excluding carboxylic acids is 2. The summed E-state index contributed by atoms with van der Waals surface area (Å²) in [6, 6.07) is -0.124. The smallest absolute Gasteiger partial charge is 0.245 e. The molecule has 2 amide bonds. The molecule has 2 aliphatic rings. The zero-order valence-electron chi connectivity index (χ0n) is 11.2. The SMILES string of the molecule is CC1C(=O)N2C(C)C(=O)N(C)CC2N(C)C1C. The lowest BCUT2D eigenvalue weighted by atomic mass is 9.93. The summed E-state index contributed by atoms with van der Waals surface area (Å²) in [5.74, 6) is 0.0919. The number of fused-ring (bicyclic) bond motifs is 1. The number of likely N-dealkylation sites (N-methyl/N-ethyl adjacent to an activating group) is 2. The van der Waals surface area contributed by atoms with E-state index in [4.69, 9.17) is 0 Å². The number of carbonyl (C=O) groups is 2. The fourth-order valence-corrected chi connectivity index (χ4v) is 2.85. The maximum absolute atomic E-state index is 12.3. The predicted octanol–water partition coefficient (Wildman–Crippen LogP) is -0.0284. The molecule has 2 fully saturated rings. The van der Waals surface area contributed by atoms with Gasteiger partial charge in [0.25, 0.3) is 0 Å². The van der Waals surface area contributed by atoms with Crippen LogP contribution in [0.1, 0.15) is 20.8 Å². The molecular formula is C12H21N3O2. The second-order valence-electron chi connectivity index (χ2n) is 5.32. The van der Waals surface area contributed by atoms with Gasteiger partial charge in [0.1, 0.15) is 12.2 Å². The summed E-state index contributed by atoms with van der Waals surface area (Å²) < 4.78 is 0. The van der Waals surface area contributed by atoms with Gasteiger partial charge in [-0.15, -0.1) is 0 Å². The van der Waals surface area contributed by atoms with Crippen molar-refractivity contribution >= 4 is 11.8 Å². The van der Waals surface area contributed by atoms with Crippen molar-refractivity contribution in [1.82, 2.24) is 14.7 Å². The fourth-order valence-electron chi connectivity index (χ4n) is 2.85. The standard InChI is InChI=1S/C12H21N3O2/c1-7-8(2)14(5)10-6-13(4)12(17)9(3)15(10)11(7)16/h7-10H,6H2,1-5H3. The van der Waals surface area contributed by atoms with E-state index in [-0.39, 0.29) is 36.0 Å². The van der Waals surface area contributed by atoms with E-state index in [0.717, 1.165) is 0 Å². The fraction of sp³-hybridized carbons (Fsp3) is 0.833. The highest BCUT2D eigenvalue weighted by Gasteiger charge is 2.48. The first-order valence-electron chi connectivity index (χ1n) is 6.15. The van der Waals surface area contributed by atoms with E-state index in [1.165, 1.54) is 0 Å². The third-order valence-corrected chi connectivity index (χ3v) is 4.39. The second kappa shape index (κ2) is 3.98. The molecule has 0 spiro atoms. The van der Waals surface area contributed by atoms with Crippen LogP contribution in [0.2, 0.25) is 0 Å². The Hall–Kier alpha value is -1.10. The Morgan fingerprint density at radius 1 is 1.06 bits per heavy atom. The first-order chi connectivity index (χ1) is 7.86. The molecule has 0 saturated carbocycles. The largest absolute Gasteiger partial charge is 0.341 e. The molecule has 2 heterocycles. The number of rotatable bonds is 0. The van der Waals surface area contributed by atoms with Crippen LogP contribution >= 0.6 is 0 Å². The van der Waals surface area contributed by atoms with Crippen LogP contribution in [0.3, 0.4) is 0 Å². The summed E-state index contributed by atoms with van der Waals surface area (Å²) in [5, 5.41) is 0. The molecule has 2 rings (SSSR count). The molecule has 0 aromatic carbocycles. The van der Waals surface area contributed by atoms with Crippen LogP contribution in [0.15, 0.2) is 0 Å². The van der Waals surface area contributed by atoms with Gasteiger partial charge < -0.3 is 9.80 Å². The van der Waals surface area contributed by atoms with Crippen LogP contribution in [0.25, 0.3) is 0 Å². The van der Waals surface area contributed by atoms with Gasteiger partial charge in [0, 0.05) is 13.1 Å². The van der Waals surface area contributed by atoms with Crippen molar-refractivity contribution in [2.75, 3.05) is 20.6 Å². The van der Waals surface area contributed by atoms with Gasteiger partial charge >= 0.3 is 0 Å². The first-order valence-corrected chi connectivity index (χ1v) is 6.15. The van der Waals surface area contributed by atoms with E-state index >= 15 is 0 Å². The second-order valence-corrected chi connectivity index (χ2v) is 5.32. The van der Waals surface area contributed by atoms with Gasteiger partial charge in [-0.05, 0) is 20.9 Å². The quantitative estimate of drug-likeness (QED) is 0.596. The van der Waals surface area contributed by atoms with E-state index in [1.807, 2.05) is 20.9 Å². The van der Waals surface area contributed by atoms with Gasteiger partial charge in [-0.3, -0.25) is 14.5 Å². The maximum atomic E-state index is 12.3. The van der Waals surface area contributed by atoms with E-state index in [9.17, 15) is 9.59 Å². The average molecular weight is 239 g/mol. The minimum Gasteiger partial charge on any atom is -0.341 e. The normalized spacial score (nSPS) is 39.6. The van der Waals surface area contributed by atoms with Gasteiger partial charge in [-0.2, -0.15) is 0 Å². The van der Waals surface area contributed by atoms with Crippen molar-refractivity contribution in [3.8, 4) is 0 Å². The Balaban J connectivity index is 2.35. The van der Waals surface area contributed by atoms with E-state index in [0.29, 0.717) is 6.54 Å². The highest BCUT2D eigenvalue weighted by molar-refractivity contribution is 5.90. The van der Waals surface area contributed by atoms with Gasteiger partial charge in [-0.25, -0.2) is 0 Å². The molecule has 0 aliphatic carbocycles. The molecule has 2 aliphatic heterocycles. The highest BCUT2D eigenvalue weighted by Crippen LogP contribution is 2.29. The molecule has 0 bridgehead atoms. The third kappa shape index (κ3) is 1.64. The summed E-state index contributed by atoms with van der Waals surface area (Å²) in [6.45, 7) is 6.43. The number of hydrogen-bond acceptors (Lipinski definition) is 3. The molecule has 5 heteroatoms. The van der Waals surface area contributed by atoms with Crippen LogP contribution < -0.4 is 0 Å². The lowest BCUT2D eigenvalue weighted by molar-refractivity contribution is -0.174. The van der Waals surface area contributed by atoms with Crippen LogP contribution in [0, 0.1) is 5.92 Å². The molecular weight excluding hydrogens is 218 g/mol. The van der Waals surface area contributed by atoms with Crippen LogP contribution in [-0.2, 0) is 9.59 Å². The number of piperazine rings is 1. The maximum Gasteiger partial charge on any atom is 0.245 e. The molecule has 4 atom stereocenters. The topological polar surface area (TPSA) is 43.9 Å². The molecule has 17 heavy (non-hydrogen) atoms. The molecule has 0 radical (unpaired) electrons. The Morgan fingerprint density at radius 3 is 2.24 bits per heavy atom. The zero-order valence-corrected chi connectivity index (χ0v) is 11.2. The summed E-state index contributed by atoms with van der Waals surface area (Å²) in [4.78, 5) is 29.9.